The van der Waals surface area contributed by atoms with Crippen molar-refractivity contribution >= 4 is 17.0 Å². The molecule has 0 saturated heterocycles. The topological polar surface area (TPSA) is 28.2 Å². The normalized spacial score (nSPS) is 10.8. The molecular formula is C17H25N3S. The van der Waals surface area contributed by atoms with E-state index in [1.54, 1.807) is 0 Å². The molecule has 0 amide bonds. The van der Waals surface area contributed by atoms with Gasteiger partial charge in [0, 0.05) is 41.1 Å². The van der Waals surface area contributed by atoms with Crippen molar-refractivity contribution in [1.29, 1.82) is 0 Å². The summed E-state index contributed by atoms with van der Waals surface area (Å²) in [7, 11) is 0. The summed E-state index contributed by atoms with van der Waals surface area (Å²) in [6.45, 7) is 10.4. The predicted octanol–water partition coefficient (Wildman–Crippen LogP) is 3.98. The lowest BCUT2D eigenvalue weighted by Crippen LogP contribution is -2.25. The molecule has 2 aromatic rings. The summed E-state index contributed by atoms with van der Waals surface area (Å²) in [4.78, 5) is 8.30. The van der Waals surface area contributed by atoms with Gasteiger partial charge >= 0.3 is 0 Å². The van der Waals surface area contributed by atoms with Crippen molar-refractivity contribution in [2.45, 2.75) is 40.3 Å². The molecule has 0 saturated carbocycles. The molecule has 0 unspecified atom stereocenters. The van der Waals surface area contributed by atoms with Gasteiger partial charge < -0.3 is 10.2 Å². The third kappa shape index (κ3) is 4.55. The second-order valence-electron chi connectivity index (χ2n) is 5.22. The third-order valence-electron chi connectivity index (χ3n) is 3.49. The van der Waals surface area contributed by atoms with Crippen molar-refractivity contribution in [2.75, 3.05) is 18.0 Å². The molecule has 0 atom stereocenters. The molecule has 0 fully saturated rings. The monoisotopic (exact) mass is 303 g/mol. The lowest BCUT2D eigenvalue weighted by molar-refractivity contribution is 0.670. The highest BCUT2D eigenvalue weighted by molar-refractivity contribution is 7.09. The van der Waals surface area contributed by atoms with E-state index < -0.39 is 0 Å². The van der Waals surface area contributed by atoms with Gasteiger partial charge in [0.25, 0.3) is 0 Å². The molecule has 0 spiro atoms. The molecular weight excluding hydrogens is 278 g/mol. The van der Waals surface area contributed by atoms with E-state index in [1.807, 2.05) is 17.5 Å². The molecule has 0 aliphatic carbocycles. The van der Waals surface area contributed by atoms with Crippen LogP contribution < -0.4 is 10.2 Å². The molecule has 0 radical (unpaired) electrons. The van der Waals surface area contributed by atoms with Crippen molar-refractivity contribution in [2.24, 2.45) is 0 Å². The van der Waals surface area contributed by atoms with E-state index in [0.717, 1.165) is 38.3 Å². The SMILES string of the molecule is CCCNCc1cnc(C)cc1N(CC)Cc1cccs1. The van der Waals surface area contributed by atoms with E-state index >= 15 is 0 Å². The van der Waals surface area contributed by atoms with Gasteiger partial charge in [0.1, 0.15) is 0 Å². The van der Waals surface area contributed by atoms with Crippen LogP contribution in [0.4, 0.5) is 5.69 Å². The summed E-state index contributed by atoms with van der Waals surface area (Å²) in [5, 5.41) is 5.63. The largest absolute Gasteiger partial charge is 0.366 e. The van der Waals surface area contributed by atoms with Gasteiger partial charge in [-0.1, -0.05) is 13.0 Å². The van der Waals surface area contributed by atoms with Crippen LogP contribution in [0, 0.1) is 6.92 Å². The fraction of sp³-hybridized carbons (Fsp3) is 0.471. The highest BCUT2D eigenvalue weighted by atomic mass is 32.1. The number of aromatic nitrogens is 1. The van der Waals surface area contributed by atoms with Crippen LogP contribution >= 0.6 is 11.3 Å². The van der Waals surface area contributed by atoms with Gasteiger partial charge in [0.05, 0.1) is 6.54 Å². The maximum atomic E-state index is 4.47. The van der Waals surface area contributed by atoms with Crippen LogP contribution in [-0.2, 0) is 13.1 Å². The van der Waals surface area contributed by atoms with E-state index in [1.165, 1.54) is 16.1 Å². The minimum atomic E-state index is 0.886. The van der Waals surface area contributed by atoms with Gasteiger partial charge in [-0.2, -0.15) is 0 Å². The first-order chi connectivity index (χ1) is 10.2. The number of rotatable bonds is 8. The molecule has 4 heteroatoms. The van der Waals surface area contributed by atoms with Crippen molar-refractivity contribution in [3.63, 3.8) is 0 Å². The lowest BCUT2D eigenvalue weighted by Gasteiger charge is -2.25. The summed E-state index contributed by atoms with van der Waals surface area (Å²) in [5.41, 5.74) is 3.67. The molecule has 2 aromatic heterocycles. The molecule has 3 nitrogen and oxygen atoms in total. The Hall–Kier alpha value is -1.39. The zero-order valence-corrected chi connectivity index (χ0v) is 14.0. The predicted molar refractivity (Wildman–Crippen MR) is 92.0 cm³/mol. The first-order valence-electron chi connectivity index (χ1n) is 7.68. The number of anilines is 1. The summed E-state index contributed by atoms with van der Waals surface area (Å²) in [6.07, 6.45) is 3.17. The van der Waals surface area contributed by atoms with Crippen LogP contribution in [-0.4, -0.2) is 18.1 Å². The first kappa shape index (κ1) is 16.0. The second kappa shape index (κ2) is 8.15. The average molecular weight is 303 g/mol. The second-order valence-corrected chi connectivity index (χ2v) is 6.26. The standard InChI is InChI=1S/C17H25N3S/c1-4-8-18-11-15-12-19-14(3)10-17(15)20(5-2)13-16-7-6-9-21-16/h6-7,9-10,12,18H,4-5,8,11,13H2,1-3H3. The van der Waals surface area contributed by atoms with Gasteiger partial charge in [-0.3, -0.25) is 4.98 Å². The molecule has 0 aliphatic heterocycles. The highest BCUT2D eigenvalue weighted by Crippen LogP contribution is 2.24. The van der Waals surface area contributed by atoms with Crippen molar-refractivity contribution < 1.29 is 0 Å². The Morgan fingerprint density at radius 3 is 2.86 bits per heavy atom. The Bertz CT molecular complexity index is 537. The molecule has 0 aromatic carbocycles. The van der Waals surface area contributed by atoms with Crippen LogP contribution in [0.1, 0.15) is 36.4 Å². The summed E-state index contributed by atoms with van der Waals surface area (Å²) in [5.74, 6) is 0. The Balaban J connectivity index is 2.19. The molecule has 114 valence electrons. The van der Waals surface area contributed by atoms with Crippen LogP contribution in [0.3, 0.4) is 0 Å². The van der Waals surface area contributed by atoms with Crippen molar-refractivity contribution in [3.05, 3.63) is 45.9 Å². The number of nitrogens with zero attached hydrogens (tertiary/aromatic N) is 2. The van der Waals surface area contributed by atoms with Crippen molar-refractivity contribution in [3.8, 4) is 0 Å². The number of thiophene rings is 1. The molecule has 0 aliphatic rings. The Kier molecular flexibility index (Phi) is 6.21. The number of aryl methyl sites for hydroxylation is 1. The smallest absolute Gasteiger partial charge is 0.0522 e. The van der Waals surface area contributed by atoms with E-state index in [-0.39, 0.29) is 0 Å². The van der Waals surface area contributed by atoms with E-state index in [0.29, 0.717) is 0 Å². The number of nitrogens with one attached hydrogen (secondary N) is 1. The van der Waals surface area contributed by atoms with Gasteiger partial charge in [-0.15, -0.1) is 11.3 Å². The average Bonchev–Trinajstić information content (AvgIpc) is 2.99. The third-order valence-corrected chi connectivity index (χ3v) is 4.35. The fourth-order valence-electron chi connectivity index (χ4n) is 2.36. The first-order valence-corrected chi connectivity index (χ1v) is 8.56. The summed E-state index contributed by atoms with van der Waals surface area (Å²) >= 11 is 1.82. The highest BCUT2D eigenvalue weighted by Gasteiger charge is 2.12. The van der Waals surface area contributed by atoms with E-state index in [2.05, 4.69) is 59.6 Å². The maximum absolute atomic E-state index is 4.47. The van der Waals surface area contributed by atoms with Crippen LogP contribution in [0.15, 0.2) is 29.8 Å². The van der Waals surface area contributed by atoms with Gasteiger partial charge in [-0.25, -0.2) is 0 Å². The van der Waals surface area contributed by atoms with E-state index in [4.69, 9.17) is 0 Å². The number of hydrogen-bond donors (Lipinski definition) is 1. The van der Waals surface area contributed by atoms with Crippen LogP contribution in [0.2, 0.25) is 0 Å². The van der Waals surface area contributed by atoms with Crippen LogP contribution in [0.5, 0.6) is 0 Å². The molecule has 1 N–H and O–H groups in total. The minimum absolute atomic E-state index is 0.886. The van der Waals surface area contributed by atoms with Gasteiger partial charge in [0.2, 0.25) is 0 Å². The Labute approximate surface area is 132 Å². The molecule has 2 rings (SSSR count). The molecule has 2 heterocycles. The molecule has 0 bridgehead atoms. The zero-order chi connectivity index (χ0) is 15.1. The number of pyridine rings is 1. The summed E-state index contributed by atoms with van der Waals surface area (Å²) < 4.78 is 0. The van der Waals surface area contributed by atoms with Crippen LogP contribution in [0.25, 0.3) is 0 Å². The summed E-state index contributed by atoms with van der Waals surface area (Å²) in [6, 6.07) is 6.53. The molecule has 21 heavy (non-hydrogen) atoms. The van der Waals surface area contributed by atoms with E-state index in [9.17, 15) is 0 Å². The number of hydrogen-bond acceptors (Lipinski definition) is 4. The fourth-order valence-corrected chi connectivity index (χ4v) is 3.08. The van der Waals surface area contributed by atoms with Gasteiger partial charge in [-0.05, 0) is 44.3 Å². The lowest BCUT2D eigenvalue weighted by atomic mass is 10.1. The van der Waals surface area contributed by atoms with Crippen molar-refractivity contribution in [1.82, 2.24) is 10.3 Å². The minimum Gasteiger partial charge on any atom is -0.366 e. The van der Waals surface area contributed by atoms with Gasteiger partial charge in [0.15, 0.2) is 0 Å². The Morgan fingerprint density at radius 2 is 2.19 bits per heavy atom. The maximum Gasteiger partial charge on any atom is 0.0522 e. The Morgan fingerprint density at radius 1 is 1.33 bits per heavy atom. The zero-order valence-electron chi connectivity index (χ0n) is 13.2. The quantitative estimate of drug-likeness (QED) is 0.748.